The fraction of sp³-hybridized carbons (Fsp3) is 0.833. The van der Waals surface area contributed by atoms with Gasteiger partial charge in [0, 0.05) is 6.04 Å². The van der Waals surface area contributed by atoms with Crippen molar-refractivity contribution in [2.75, 3.05) is 12.0 Å². The van der Waals surface area contributed by atoms with Crippen molar-refractivity contribution < 1.29 is 4.79 Å². The molecule has 3 nitrogen and oxygen atoms in total. The second-order valence-corrected chi connectivity index (χ2v) is 5.73. The highest BCUT2D eigenvalue weighted by molar-refractivity contribution is 7.98. The minimum Gasteiger partial charge on any atom is -0.392 e. The molecule has 0 spiro atoms. The van der Waals surface area contributed by atoms with Gasteiger partial charge >= 0.3 is 0 Å². The van der Waals surface area contributed by atoms with Crippen molar-refractivity contribution in [3.8, 4) is 0 Å². The number of hydrogen-bond acceptors (Lipinski definition) is 3. The summed E-state index contributed by atoms with van der Waals surface area (Å²) < 4.78 is 0. The number of hydrogen-bond donors (Lipinski definition) is 2. The second-order valence-electron chi connectivity index (χ2n) is 4.31. The van der Waals surface area contributed by atoms with Crippen molar-refractivity contribution in [2.24, 2.45) is 11.1 Å². The second kappa shape index (κ2) is 7.93. The van der Waals surface area contributed by atoms with Gasteiger partial charge in [-0.1, -0.05) is 26.1 Å². The molecule has 0 aromatic rings. The molecular weight excluding hydrogens is 252 g/mol. The Hall–Kier alpha value is -0.290. The van der Waals surface area contributed by atoms with Crippen LogP contribution in [0.2, 0.25) is 0 Å². The Balaban J connectivity index is 4.59. The number of thiocarbonyl (C=S) groups is 1. The van der Waals surface area contributed by atoms with Gasteiger partial charge in [0.2, 0.25) is 5.91 Å². The van der Waals surface area contributed by atoms with Gasteiger partial charge in [0.25, 0.3) is 0 Å². The van der Waals surface area contributed by atoms with Gasteiger partial charge in [-0.25, -0.2) is 0 Å². The van der Waals surface area contributed by atoms with Crippen LogP contribution in [0, 0.1) is 5.41 Å². The standard InChI is InChI=1S/C12H24N2OS2/c1-5-12(6-2,10(13)16)11(15)14-9(3)7-8-17-4/h9H,5-8H2,1-4H3,(H2,13,16)(H,14,15). The molecule has 0 aliphatic heterocycles. The first-order chi connectivity index (χ1) is 7.94. The van der Waals surface area contributed by atoms with E-state index in [4.69, 9.17) is 18.0 Å². The fourth-order valence-electron chi connectivity index (χ4n) is 1.76. The van der Waals surface area contributed by atoms with E-state index in [1.165, 1.54) is 0 Å². The number of carbonyl (C=O) groups is 1. The van der Waals surface area contributed by atoms with Crippen molar-refractivity contribution >= 4 is 34.9 Å². The Bertz CT molecular complexity index is 265. The lowest BCUT2D eigenvalue weighted by molar-refractivity contribution is -0.128. The van der Waals surface area contributed by atoms with E-state index in [9.17, 15) is 4.79 Å². The molecule has 0 fully saturated rings. The van der Waals surface area contributed by atoms with Crippen molar-refractivity contribution in [3.05, 3.63) is 0 Å². The molecule has 0 heterocycles. The van der Waals surface area contributed by atoms with E-state index < -0.39 is 5.41 Å². The predicted octanol–water partition coefficient (Wildman–Crippen LogP) is 2.34. The maximum absolute atomic E-state index is 12.3. The lowest BCUT2D eigenvalue weighted by atomic mass is 9.81. The van der Waals surface area contributed by atoms with Crippen LogP contribution in [0.15, 0.2) is 0 Å². The van der Waals surface area contributed by atoms with E-state index in [2.05, 4.69) is 11.6 Å². The third-order valence-corrected chi connectivity index (χ3v) is 4.28. The van der Waals surface area contributed by atoms with E-state index in [0.29, 0.717) is 17.8 Å². The van der Waals surface area contributed by atoms with E-state index in [1.807, 2.05) is 20.8 Å². The van der Waals surface area contributed by atoms with Crippen LogP contribution in [0.4, 0.5) is 0 Å². The maximum atomic E-state index is 12.3. The number of amides is 1. The van der Waals surface area contributed by atoms with Crippen molar-refractivity contribution in [2.45, 2.75) is 46.1 Å². The summed E-state index contributed by atoms with van der Waals surface area (Å²) in [7, 11) is 0. The van der Waals surface area contributed by atoms with Gasteiger partial charge in [0.15, 0.2) is 0 Å². The molecule has 1 atom stereocenters. The molecule has 0 aromatic carbocycles. The minimum absolute atomic E-state index is 0.0244. The molecule has 0 saturated heterocycles. The quantitative estimate of drug-likeness (QED) is 0.668. The average Bonchev–Trinajstić information content (AvgIpc) is 2.28. The minimum atomic E-state index is -0.678. The third-order valence-electron chi connectivity index (χ3n) is 3.25. The molecule has 0 radical (unpaired) electrons. The molecule has 0 bridgehead atoms. The van der Waals surface area contributed by atoms with Gasteiger partial charge in [-0.15, -0.1) is 0 Å². The first-order valence-electron chi connectivity index (χ1n) is 6.04. The normalized spacial score (nSPS) is 13.2. The van der Waals surface area contributed by atoms with Crippen LogP contribution in [0.1, 0.15) is 40.0 Å². The maximum Gasteiger partial charge on any atom is 0.233 e. The number of nitrogens with two attached hydrogens (primary N) is 1. The molecule has 100 valence electrons. The summed E-state index contributed by atoms with van der Waals surface area (Å²) in [5.41, 5.74) is 5.06. The summed E-state index contributed by atoms with van der Waals surface area (Å²) in [5.74, 6) is 1.02. The summed E-state index contributed by atoms with van der Waals surface area (Å²) in [6.07, 6.45) is 4.33. The molecule has 0 aliphatic carbocycles. The Morgan fingerprint density at radius 2 is 2.00 bits per heavy atom. The predicted molar refractivity (Wildman–Crippen MR) is 80.4 cm³/mol. The molecule has 5 heteroatoms. The number of rotatable bonds is 8. The highest BCUT2D eigenvalue weighted by Gasteiger charge is 2.38. The largest absolute Gasteiger partial charge is 0.392 e. The Kier molecular flexibility index (Phi) is 7.79. The molecule has 1 unspecified atom stereocenters. The summed E-state index contributed by atoms with van der Waals surface area (Å²) in [5, 5.41) is 3.02. The number of carbonyl (C=O) groups excluding carboxylic acids is 1. The van der Waals surface area contributed by atoms with E-state index >= 15 is 0 Å². The zero-order valence-corrected chi connectivity index (χ0v) is 12.8. The van der Waals surface area contributed by atoms with Crippen LogP contribution in [-0.4, -0.2) is 28.9 Å². The topological polar surface area (TPSA) is 55.1 Å². The number of nitrogens with one attached hydrogen (secondary N) is 1. The molecule has 1 amide bonds. The first kappa shape index (κ1) is 16.7. The van der Waals surface area contributed by atoms with Gasteiger partial charge in [-0.05, 0) is 38.2 Å². The molecule has 0 rings (SSSR count). The average molecular weight is 276 g/mol. The lowest BCUT2D eigenvalue weighted by Gasteiger charge is -2.30. The van der Waals surface area contributed by atoms with Crippen LogP contribution in [0.5, 0.6) is 0 Å². The SMILES string of the molecule is CCC(CC)(C(=O)NC(C)CCSC)C(N)=S. The summed E-state index contributed by atoms with van der Waals surface area (Å²) in [6.45, 7) is 5.92. The molecular formula is C12H24N2OS2. The van der Waals surface area contributed by atoms with Gasteiger partial charge < -0.3 is 11.1 Å². The molecule has 0 aromatic heterocycles. The highest BCUT2D eigenvalue weighted by Crippen LogP contribution is 2.27. The van der Waals surface area contributed by atoms with Crippen LogP contribution in [-0.2, 0) is 4.79 Å². The van der Waals surface area contributed by atoms with Crippen molar-refractivity contribution in [1.82, 2.24) is 5.32 Å². The Labute approximate surface area is 114 Å². The summed E-state index contributed by atoms with van der Waals surface area (Å²) in [4.78, 5) is 12.6. The van der Waals surface area contributed by atoms with Crippen LogP contribution in [0.25, 0.3) is 0 Å². The molecule has 3 N–H and O–H groups in total. The first-order valence-corrected chi connectivity index (χ1v) is 7.84. The Morgan fingerprint density at radius 1 is 1.47 bits per heavy atom. The molecule has 17 heavy (non-hydrogen) atoms. The van der Waals surface area contributed by atoms with Gasteiger partial charge in [-0.2, -0.15) is 11.8 Å². The van der Waals surface area contributed by atoms with Crippen molar-refractivity contribution in [1.29, 1.82) is 0 Å². The monoisotopic (exact) mass is 276 g/mol. The fourth-order valence-corrected chi connectivity index (χ4v) is 2.73. The highest BCUT2D eigenvalue weighted by atomic mass is 32.2. The van der Waals surface area contributed by atoms with Gasteiger partial charge in [-0.3, -0.25) is 4.79 Å². The van der Waals surface area contributed by atoms with Crippen LogP contribution >= 0.6 is 24.0 Å². The summed E-state index contributed by atoms with van der Waals surface area (Å²) in [6, 6.07) is 0.168. The van der Waals surface area contributed by atoms with Crippen LogP contribution in [0.3, 0.4) is 0 Å². The third kappa shape index (κ3) is 4.47. The van der Waals surface area contributed by atoms with E-state index in [0.717, 1.165) is 12.2 Å². The lowest BCUT2D eigenvalue weighted by Crippen LogP contribution is -2.50. The molecule has 0 aliphatic rings. The zero-order chi connectivity index (χ0) is 13.5. The van der Waals surface area contributed by atoms with E-state index in [-0.39, 0.29) is 11.9 Å². The van der Waals surface area contributed by atoms with Gasteiger partial charge in [0.05, 0.1) is 10.4 Å². The van der Waals surface area contributed by atoms with Crippen molar-refractivity contribution in [3.63, 3.8) is 0 Å². The molecule has 0 saturated carbocycles. The Morgan fingerprint density at radius 3 is 2.35 bits per heavy atom. The zero-order valence-electron chi connectivity index (χ0n) is 11.2. The summed E-state index contributed by atoms with van der Waals surface area (Å²) >= 11 is 6.84. The van der Waals surface area contributed by atoms with Gasteiger partial charge in [0.1, 0.15) is 0 Å². The number of thioether (sulfide) groups is 1. The van der Waals surface area contributed by atoms with Crippen LogP contribution < -0.4 is 11.1 Å². The smallest absolute Gasteiger partial charge is 0.233 e. The van der Waals surface area contributed by atoms with E-state index in [1.54, 1.807) is 11.8 Å².